The zero-order valence-corrected chi connectivity index (χ0v) is 14.8. The Kier molecular flexibility index (Phi) is 3.77. The molecule has 0 saturated heterocycles. The van der Waals surface area contributed by atoms with Crippen molar-refractivity contribution in [2.24, 2.45) is 0 Å². The maximum absolute atomic E-state index is 4.64. The van der Waals surface area contributed by atoms with Crippen molar-refractivity contribution >= 4 is 10.9 Å². The predicted octanol–water partition coefficient (Wildman–Crippen LogP) is 3.71. The van der Waals surface area contributed by atoms with Crippen LogP contribution in [0.4, 0.5) is 0 Å². The van der Waals surface area contributed by atoms with Crippen molar-refractivity contribution in [2.75, 3.05) is 0 Å². The van der Waals surface area contributed by atoms with Crippen molar-refractivity contribution in [1.82, 2.24) is 4.98 Å². The molecule has 0 saturated carbocycles. The summed E-state index contributed by atoms with van der Waals surface area (Å²) in [6, 6.07) is 21.0. The van der Waals surface area contributed by atoms with E-state index in [2.05, 4.69) is 95.7 Å². The first kappa shape index (κ1) is 15.5. The Morgan fingerprint density at radius 3 is 2.24 bits per heavy atom. The average Bonchev–Trinajstić information content (AvgIpc) is 2.64. The molecule has 3 nitrogen and oxygen atoms in total. The minimum Gasteiger partial charge on any atom is -0.199 e. The zero-order chi connectivity index (χ0) is 17.4. The lowest BCUT2D eigenvalue weighted by Crippen LogP contribution is -2.39. The maximum Gasteiger partial charge on any atom is 0.292 e. The standard InChI is InChI=1S/C22H21N3/c1-16-9-6-7-14-24(16)21-12-8-13-22(17(21)2)25-15-23-20-11-5-4-10-19(20)18(25)3/h4-15H,1-3H3/q+2. The molecule has 2 heterocycles. The van der Waals surface area contributed by atoms with E-state index in [1.807, 2.05) is 12.4 Å². The van der Waals surface area contributed by atoms with Gasteiger partial charge in [0.1, 0.15) is 11.4 Å². The fourth-order valence-corrected chi connectivity index (χ4v) is 3.40. The average molecular weight is 327 g/mol. The molecule has 0 unspecified atom stereocenters. The molecule has 3 heteroatoms. The van der Waals surface area contributed by atoms with Gasteiger partial charge in [-0.25, -0.2) is 0 Å². The van der Waals surface area contributed by atoms with Crippen LogP contribution in [0.25, 0.3) is 22.3 Å². The van der Waals surface area contributed by atoms with Crippen LogP contribution < -0.4 is 9.13 Å². The first-order valence-corrected chi connectivity index (χ1v) is 8.50. The first-order chi connectivity index (χ1) is 12.2. The lowest BCUT2D eigenvalue weighted by atomic mass is 10.1. The molecule has 0 fully saturated rings. The van der Waals surface area contributed by atoms with Gasteiger partial charge < -0.3 is 0 Å². The van der Waals surface area contributed by atoms with Crippen LogP contribution in [0, 0.1) is 20.8 Å². The third-order valence-corrected chi connectivity index (χ3v) is 4.83. The fraction of sp³-hybridized carbons (Fsp3) is 0.136. The SMILES string of the molecule is Cc1c(-[n+]2ccccc2C)cccc1-[n+]1cnc2ccccc2c1C. The summed E-state index contributed by atoms with van der Waals surface area (Å²) >= 11 is 0. The number of fused-ring (bicyclic) bond motifs is 1. The van der Waals surface area contributed by atoms with E-state index >= 15 is 0 Å². The number of aryl methyl sites for hydroxylation is 2. The Labute approximate surface area is 147 Å². The summed E-state index contributed by atoms with van der Waals surface area (Å²) in [7, 11) is 0. The zero-order valence-electron chi connectivity index (χ0n) is 14.8. The number of hydrogen-bond donors (Lipinski definition) is 0. The molecule has 0 aliphatic rings. The number of hydrogen-bond acceptors (Lipinski definition) is 1. The first-order valence-electron chi connectivity index (χ1n) is 8.50. The Morgan fingerprint density at radius 2 is 1.44 bits per heavy atom. The van der Waals surface area contributed by atoms with Crippen molar-refractivity contribution in [3.63, 3.8) is 0 Å². The smallest absolute Gasteiger partial charge is 0.199 e. The molecule has 0 bridgehead atoms. The van der Waals surface area contributed by atoms with Crippen LogP contribution in [0.3, 0.4) is 0 Å². The van der Waals surface area contributed by atoms with Crippen LogP contribution in [0.5, 0.6) is 0 Å². The monoisotopic (exact) mass is 327 g/mol. The van der Waals surface area contributed by atoms with E-state index < -0.39 is 0 Å². The van der Waals surface area contributed by atoms with Crippen LogP contribution in [-0.4, -0.2) is 4.98 Å². The molecule has 4 aromatic rings. The number of aromatic nitrogens is 3. The van der Waals surface area contributed by atoms with Gasteiger partial charge in [0.25, 0.3) is 6.33 Å². The molecule has 25 heavy (non-hydrogen) atoms. The molecule has 0 atom stereocenters. The minimum atomic E-state index is 1.03. The van der Waals surface area contributed by atoms with Gasteiger partial charge >= 0.3 is 0 Å². The van der Waals surface area contributed by atoms with Gasteiger partial charge in [-0.1, -0.05) is 24.3 Å². The number of nitrogens with zero attached hydrogens (tertiary/aromatic N) is 3. The quantitative estimate of drug-likeness (QED) is 0.514. The van der Waals surface area contributed by atoms with Gasteiger partial charge in [-0.15, -0.1) is 0 Å². The molecule has 0 N–H and O–H groups in total. The highest BCUT2D eigenvalue weighted by atomic mass is 15.0. The summed E-state index contributed by atoms with van der Waals surface area (Å²) in [6.45, 7) is 6.45. The molecule has 0 radical (unpaired) electrons. The van der Waals surface area contributed by atoms with Gasteiger partial charge in [-0.05, 0) is 37.0 Å². The van der Waals surface area contributed by atoms with E-state index in [0.717, 1.165) is 11.2 Å². The largest absolute Gasteiger partial charge is 0.292 e. The van der Waals surface area contributed by atoms with Crippen molar-refractivity contribution in [2.45, 2.75) is 20.8 Å². The topological polar surface area (TPSA) is 20.6 Å². The fourth-order valence-electron chi connectivity index (χ4n) is 3.40. The molecular weight excluding hydrogens is 306 g/mol. The van der Waals surface area contributed by atoms with E-state index in [1.165, 1.54) is 28.0 Å². The summed E-state index contributed by atoms with van der Waals surface area (Å²) in [4.78, 5) is 4.64. The van der Waals surface area contributed by atoms with Gasteiger partial charge in [0, 0.05) is 25.1 Å². The molecule has 2 aromatic carbocycles. The highest BCUT2D eigenvalue weighted by Gasteiger charge is 2.20. The third-order valence-electron chi connectivity index (χ3n) is 4.83. The molecule has 0 aliphatic heterocycles. The predicted molar refractivity (Wildman–Crippen MR) is 99.0 cm³/mol. The van der Waals surface area contributed by atoms with Gasteiger partial charge in [-0.3, -0.25) is 0 Å². The second-order valence-electron chi connectivity index (χ2n) is 6.35. The van der Waals surface area contributed by atoms with Gasteiger partial charge in [0.05, 0.1) is 10.9 Å². The second-order valence-corrected chi connectivity index (χ2v) is 6.35. The van der Waals surface area contributed by atoms with Gasteiger partial charge in [0.15, 0.2) is 17.4 Å². The Bertz CT molecular complexity index is 1080. The van der Waals surface area contributed by atoms with Crippen molar-refractivity contribution in [3.8, 4) is 11.4 Å². The van der Waals surface area contributed by atoms with E-state index in [9.17, 15) is 0 Å². The highest BCUT2D eigenvalue weighted by molar-refractivity contribution is 5.79. The van der Waals surface area contributed by atoms with Crippen molar-refractivity contribution in [3.05, 3.63) is 90.1 Å². The molecule has 2 aromatic heterocycles. The molecular formula is C22H21N3+2. The van der Waals surface area contributed by atoms with Crippen molar-refractivity contribution in [1.29, 1.82) is 0 Å². The number of rotatable bonds is 2. The summed E-state index contributed by atoms with van der Waals surface area (Å²) in [6.07, 6.45) is 4.03. The van der Waals surface area contributed by atoms with Crippen LogP contribution >= 0.6 is 0 Å². The van der Waals surface area contributed by atoms with Crippen LogP contribution in [0.1, 0.15) is 17.0 Å². The third kappa shape index (κ3) is 2.58. The Morgan fingerprint density at radius 1 is 0.720 bits per heavy atom. The number of benzene rings is 2. The van der Waals surface area contributed by atoms with Crippen molar-refractivity contribution < 1.29 is 9.13 Å². The summed E-state index contributed by atoms with van der Waals surface area (Å²) in [5.74, 6) is 0. The normalized spacial score (nSPS) is 11.0. The maximum atomic E-state index is 4.64. The van der Waals surface area contributed by atoms with Gasteiger partial charge in [0.2, 0.25) is 5.69 Å². The minimum absolute atomic E-state index is 1.03. The van der Waals surface area contributed by atoms with E-state index in [1.54, 1.807) is 0 Å². The van der Waals surface area contributed by atoms with Crippen LogP contribution in [0.15, 0.2) is 73.2 Å². The lowest BCUT2D eigenvalue weighted by molar-refractivity contribution is -0.612. The number of pyridine rings is 1. The molecule has 4 rings (SSSR count). The van der Waals surface area contributed by atoms with E-state index in [4.69, 9.17) is 0 Å². The molecule has 0 spiro atoms. The molecule has 0 aliphatic carbocycles. The second kappa shape index (κ2) is 6.10. The molecule has 0 amide bonds. The van der Waals surface area contributed by atoms with E-state index in [0.29, 0.717) is 0 Å². The Balaban J connectivity index is 1.95. The highest BCUT2D eigenvalue weighted by Crippen LogP contribution is 2.18. The Hall–Kier alpha value is -3.07. The lowest BCUT2D eigenvalue weighted by Gasteiger charge is -2.09. The summed E-state index contributed by atoms with van der Waals surface area (Å²) < 4.78 is 4.41. The van der Waals surface area contributed by atoms with Crippen LogP contribution in [-0.2, 0) is 0 Å². The van der Waals surface area contributed by atoms with Gasteiger partial charge in [-0.2, -0.15) is 9.13 Å². The van der Waals surface area contributed by atoms with E-state index in [-0.39, 0.29) is 0 Å². The molecule has 122 valence electrons. The summed E-state index contributed by atoms with van der Waals surface area (Å²) in [5, 5.41) is 1.18. The summed E-state index contributed by atoms with van der Waals surface area (Å²) in [5.41, 5.74) is 7.01. The number of para-hydroxylation sites is 1. The van der Waals surface area contributed by atoms with Crippen LogP contribution in [0.2, 0.25) is 0 Å².